The number of halogens is 1. The van der Waals surface area contributed by atoms with Crippen molar-refractivity contribution in [1.29, 1.82) is 0 Å². The van der Waals surface area contributed by atoms with Crippen LogP contribution in [0.3, 0.4) is 0 Å². The molecule has 0 fully saturated rings. The number of benzene rings is 2. The molecule has 1 aliphatic heterocycles. The molecule has 1 heterocycles. The molecule has 25 heavy (non-hydrogen) atoms. The number of sulfonamides is 1. The Morgan fingerprint density at radius 2 is 1.92 bits per heavy atom. The minimum Gasteiger partial charge on any atom is -0.322 e. The van der Waals surface area contributed by atoms with E-state index in [0.29, 0.717) is 18.8 Å². The summed E-state index contributed by atoms with van der Waals surface area (Å²) in [7, 11) is -3.78. The smallest absolute Gasteiger partial charge is 0.262 e. The van der Waals surface area contributed by atoms with Crippen LogP contribution in [0.15, 0.2) is 58.4 Å². The lowest BCUT2D eigenvalue weighted by Crippen LogP contribution is -2.29. The van der Waals surface area contributed by atoms with Gasteiger partial charge in [0.1, 0.15) is 11.7 Å². The number of nitrogens with one attached hydrogen (secondary N) is 2. The number of rotatable bonds is 4. The van der Waals surface area contributed by atoms with Crippen molar-refractivity contribution in [3.8, 4) is 0 Å². The van der Waals surface area contributed by atoms with Crippen LogP contribution in [0.25, 0.3) is 0 Å². The lowest BCUT2D eigenvalue weighted by molar-refractivity contribution is 0.102. The Morgan fingerprint density at radius 1 is 1.12 bits per heavy atom. The van der Waals surface area contributed by atoms with Crippen molar-refractivity contribution in [2.24, 2.45) is 4.99 Å². The SMILES string of the molecule is O=C(Nc1cccc(S(=O)(=O)NC2=NCCC2)c1)c1ccccc1F. The van der Waals surface area contributed by atoms with E-state index in [1.807, 2.05) is 0 Å². The molecule has 2 aromatic carbocycles. The average Bonchev–Trinajstić information content (AvgIpc) is 3.07. The van der Waals surface area contributed by atoms with E-state index in [1.54, 1.807) is 6.07 Å². The lowest BCUT2D eigenvalue weighted by atomic mass is 10.2. The molecule has 130 valence electrons. The summed E-state index contributed by atoms with van der Waals surface area (Å²) < 4.78 is 40.9. The summed E-state index contributed by atoms with van der Waals surface area (Å²) >= 11 is 0. The van der Waals surface area contributed by atoms with Crippen LogP contribution in [0.5, 0.6) is 0 Å². The van der Waals surface area contributed by atoms with E-state index < -0.39 is 21.7 Å². The number of amidine groups is 1. The van der Waals surface area contributed by atoms with E-state index >= 15 is 0 Å². The Bertz CT molecular complexity index is 942. The summed E-state index contributed by atoms with van der Waals surface area (Å²) in [6.07, 6.45) is 1.40. The maximum absolute atomic E-state index is 13.7. The van der Waals surface area contributed by atoms with Gasteiger partial charge in [0.2, 0.25) is 0 Å². The molecule has 6 nitrogen and oxygen atoms in total. The van der Waals surface area contributed by atoms with E-state index in [2.05, 4.69) is 15.0 Å². The standard InChI is InChI=1S/C17H16FN3O3S/c18-15-8-2-1-7-14(15)17(22)20-12-5-3-6-13(11-12)25(23,24)21-16-9-4-10-19-16/h1-3,5-8,11H,4,9-10H2,(H,19,21)(H,20,22). The third-order valence-electron chi connectivity index (χ3n) is 3.65. The number of carbonyl (C=O) groups excluding carboxylic acids is 1. The molecule has 3 rings (SSSR count). The number of nitrogens with zero attached hydrogens (tertiary/aromatic N) is 1. The number of aliphatic imine (C=N–C) groups is 1. The van der Waals surface area contributed by atoms with Crippen molar-refractivity contribution in [3.05, 3.63) is 59.9 Å². The van der Waals surface area contributed by atoms with Crippen LogP contribution in [0.2, 0.25) is 0 Å². The lowest BCUT2D eigenvalue weighted by Gasteiger charge is -2.10. The van der Waals surface area contributed by atoms with Gasteiger partial charge in [-0.1, -0.05) is 18.2 Å². The van der Waals surface area contributed by atoms with Gasteiger partial charge < -0.3 is 5.32 Å². The van der Waals surface area contributed by atoms with Crippen molar-refractivity contribution in [2.75, 3.05) is 11.9 Å². The summed E-state index contributed by atoms with van der Waals surface area (Å²) in [6, 6.07) is 11.3. The Kier molecular flexibility index (Phi) is 4.80. The fourth-order valence-corrected chi connectivity index (χ4v) is 3.56. The van der Waals surface area contributed by atoms with Crippen molar-refractivity contribution < 1.29 is 17.6 Å². The quantitative estimate of drug-likeness (QED) is 0.877. The van der Waals surface area contributed by atoms with Crippen LogP contribution < -0.4 is 10.0 Å². The first-order chi connectivity index (χ1) is 12.0. The van der Waals surface area contributed by atoms with E-state index in [4.69, 9.17) is 0 Å². The van der Waals surface area contributed by atoms with Gasteiger partial charge in [-0.2, -0.15) is 0 Å². The molecule has 2 N–H and O–H groups in total. The molecular formula is C17H16FN3O3S. The van der Waals surface area contributed by atoms with Gasteiger partial charge in [0, 0.05) is 18.7 Å². The highest BCUT2D eigenvalue weighted by atomic mass is 32.2. The first kappa shape index (κ1) is 17.1. The molecule has 0 saturated carbocycles. The molecule has 0 radical (unpaired) electrons. The fourth-order valence-electron chi connectivity index (χ4n) is 2.42. The van der Waals surface area contributed by atoms with Gasteiger partial charge in [-0.3, -0.25) is 14.5 Å². The second-order valence-corrected chi connectivity index (χ2v) is 7.18. The van der Waals surface area contributed by atoms with Gasteiger partial charge in [0.25, 0.3) is 15.9 Å². The molecule has 1 aliphatic rings. The van der Waals surface area contributed by atoms with Gasteiger partial charge in [-0.05, 0) is 36.8 Å². The van der Waals surface area contributed by atoms with Gasteiger partial charge >= 0.3 is 0 Å². The number of carbonyl (C=O) groups is 1. The zero-order chi connectivity index (χ0) is 17.9. The predicted molar refractivity (Wildman–Crippen MR) is 92.7 cm³/mol. The molecule has 0 aliphatic carbocycles. The first-order valence-electron chi connectivity index (χ1n) is 7.68. The highest BCUT2D eigenvalue weighted by Gasteiger charge is 2.19. The van der Waals surface area contributed by atoms with Crippen molar-refractivity contribution in [3.63, 3.8) is 0 Å². The van der Waals surface area contributed by atoms with Crippen LogP contribution in [0.1, 0.15) is 23.2 Å². The summed E-state index contributed by atoms with van der Waals surface area (Å²) in [6.45, 7) is 0.608. The number of anilines is 1. The number of hydrogen-bond acceptors (Lipinski definition) is 4. The Balaban J connectivity index is 1.79. The number of hydrogen-bond donors (Lipinski definition) is 2. The van der Waals surface area contributed by atoms with Crippen molar-refractivity contribution >= 4 is 27.5 Å². The minimum absolute atomic E-state index is 0.00608. The summed E-state index contributed by atoms with van der Waals surface area (Å²) in [5.41, 5.74) is 0.138. The van der Waals surface area contributed by atoms with Gasteiger partial charge in [0.05, 0.1) is 10.5 Å². The zero-order valence-corrected chi connectivity index (χ0v) is 14.0. The fraction of sp³-hybridized carbons (Fsp3) is 0.176. The van der Waals surface area contributed by atoms with E-state index in [0.717, 1.165) is 6.42 Å². The predicted octanol–water partition coefficient (Wildman–Crippen LogP) is 2.55. The van der Waals surface area contributed by atoms with Gasteiger partial charge in [-0.15, -0.1) is 0 Å². The molecule has 8 heteroatoms. The Hall–Kier alpha value is -2.74. The molecule has 0 atom stereocenters. The van der Waals surface area contributed by atoms with Gasteiger partial charge in [0.15, 0.2) is 0 Å². The zero-order valence-electron chi connectivity index (χ0n) is 13.2. The molecule has 0 saturated heterocycles. The van der Waals surface area contributed by atoms with Crippen LogP contribution in [-0.2, 0) is 10.0 Å². The average molecular weight is 361 g/mol. The minimum atomic E-state index is -3.78. The molecule has 0 bridgehead atoms. The van der Waals surface area contributed by atoms with Gasteiger partial charge in [-0.25, -0.2) is 12.8 Å². The van der Waals surface area contributed by atoms with Crippen LogP contribution in [0, 0.1) is 5.82 Å². The summed E-state index contributed by atoms with van der Waals surface area (Å²) in [5.74, 6) is -0.869. The molecule has 0 unspecified atom stereocenters. The first-order valence-corrected chi connectivity index (χ1v) is 9.16. The highest BCUT2D eigenvalue weighted by Crippen LogP contribution is 2.18. The van der Waals surface area contributed by atoms with Crippen molar-refractivity contribution in [1.82, 2.24) is 4.72 Å². The highest BCUT2D eigenvalue weighted by molar-refractivity contribution is 7.90. The third kappa shape index (κ3) is 4.03. The monoisotopic (exact) mass is 361 g/mol. The maximum atomic E-state index is 13.7. The second-order valence-electron chi connectivity index (χ2n) is 5.50. The largest absolute Gasteiger partial charge is 0.322 e. The van der Waals surface area contributed by atoms with E-state index in [1.165, 1.54) is 42.5 Å². The molecule has 1 amide bonds. The third-order valence-corrected chi connectivity index (χ3v) is 5.03. The van der Waals surface area contributed by atoms with Crippen LogP contribution >= 0.6 is 0 Å². The molecule has 0 spiro atoms. The Labute approximate surface area is 144 Å². The number of amides is 1. The molecule has 0 aromatic heterocycles. The summed E-state index contributed by atoms with van der Waals surface area (Å²) in [5, 5.41) is 2.50. The second kappa shape index (κ2) is 7.02. The molecular weight excluding hydrogens is 345 g/mol. The van der Waals surface area contributed by atoms with Crippen LogP contribution in [0.4, 0.5) is 10.1 Å². The topological polar surface area (TPSA) is 87.6 Å². The van der Waals surface area contributed by atoms with Crippen LogP contribution in [-0.4, -0.2) is 26.7 Å². The maximum Gasteiger partial charge on any atom is 0.262 e. The summed E-state index contributed by atoms with van der Waals surface area (Å²) in [4.78, 5) is 16.2. The van der Waals surface area contributed by atoms with E-state index in [9.17, 15) is 17.6 Å². The van der Waals surface area contributed by atoms with E-state index in [-0.39, 0.29) is 16.1 Å². The Morgan fingerprint density at radius 3 is 2.64 bits per heavy atom. The van der Waals surface area contributed by atoms with Crippen molar-refractivity contribution in [2.45, 2.75) is 17.7 Å². The molecule has 2 aromatic rings. The normalized spacial score (nSPS) is 14.0.